The van der Waals surface area contributed by atoms with Gasteiger partial charge in [0.25, 0.3) is 0 Å². The van der Waals surface area contributed by atoms with Crippen molar-refractivity contribution in [3.05, 3.63) is 35.9 Å². The molecule has 116 valence electrons. The van der Waals surface area contributed by atoms with Gasteiger partial charge in [0.05, 0.1) is 19.3 Å². The quantitative estimate of drug-likeness (QED) is 0.874. The Hall–Kier alpha value is -0.900. The predicted octanol–water partition coefficient (Wildman–Crippen LogP) is 2.83. The summed E-state index contributed by atoms with van der Waals surface area (Å²) in [6, 6.07) is 10.9. The van der Waals surface area contributed by atoms with Crippen LogP contribution < -0.4 is 0 Å². The van der Waals surface area contributed by atoms with Crippen molar-refractivity contribution in [2.24, 2.45) is 5.92 Å². The molecule has 0 spiro atoms. The molecular formula is C18H27NO2. The van der Waals surface area contributed by atoms with E-state index < -0.39 is 0 Å². The second kappa shape index (κ2) is 7.39. The molecule has 0 bridgehead atoms. The number of nitrogens with zero attached hydrogens (tertiary/aromatic N) is 1. The largest absolute Gasteiger partial charge is 0.389 e. The predicted molar refractivity (Wildman–Crippen MR) is 84.0 cm³/mol. The Kier molecular flexibility index (Phi) is 5.28. The van der Waals surface area contributed by atoms with Crippen LogP contribution in [0.15, 0.2) is 30.3 Å². The van der Waals surface area contributed by atoms with Gasteiger partial charge in [0.1, 0.15) is 0 Å². The van der Waals surface area contributed by atoms with Gasteiger partial charge in [-0.1, -0.05) is 36.8 Å². The second-order valence-corrected chi connectivity index (χ2v) is 6.55. The minimum absolute atomic E-state index is 0.368. The van der Waals surface area contributed by atoms with Crippen molar-refractivity contribution in [3.63, 3.8) is 0 Å². The zero-order valence-electron chi connectivity index (χ0n) is 12.8. The fourth-order valence-corrected chi connectivity index (χ4v) is 3.99. The topological polar surface area (TPSA) is 32.7 Å². The van der Waals surface area contributed by atoms with Crippen molar-refractivity contribution in [1.82, 2.24) is 4.90 Å². The van der Waals surface area contributed by atoms with Crippen LogP contribution in [0.5, 0.6) is 0 Å². The normalized spacial score (nSPS) is 27.5. The van der Waals surface area contributed by atoms with Gasteiger partial charge in [-0.15, -0.1) is 0 Å². The van der Waals surface area contributed by atoms with Crippen molar-refractivity contribution in [1.29, 1.82) is 0 Å². The molecule has 21 heavy (non-hydrogen) atoms. The van der Waals surface area contributed by atoms with Crippen molar-refractivity contribution in [2.45, 2.75) is 50.9 Å². The molecule has 1 N–H and O–H groups in total. The summed E-state index contributed by atoms with van der Waals surface area (Å²) >= 11 is 0. The molecule has 1 saturated heterocycles. The molecule has 0 radical (unpaired) electrons. The molecule has 2 fully saturated rings. The number of aliphatic hydroxyl groups excluding tert-OH is 1. The maximum absolute atomic E-state index is 10.2. The van der Waals surface area contributed by atoms with Crippen LogP contribution in [0.3, 0.4) is 0 Å². The molecule has 1 aromatic rings. The Bertz CT molecular complexity index is 422. The third-order valence-corrected chi connectivity index (χ3v) is 4.98. The molecule has 3 heteroatoms. The summed E-state index contributed by atoms with van der Waals surface area (Å²) in [5, 5.41) is 10.2. The van der Waals surface area contributed by atoms with E-state index in [4.69, 9.17) is 4.74 Å². The first-order valence-electron chi connectivity index (χ1n) is 8.37. The zero-order chi connectivity index (χ0) is 14.5. The van der Waals surface area contributed by atoms with E-state index in [-0.39, 0.29) is 6.10 Å². The van der Waals surface area contributed by atoms with E-state index >= 15 is 0 Å². The highest BCUT2D eigenvalue weighted by atomic mass is 16.5. The SMILES string of the molecule is OC(COCc1ccccc1)CN1CCCC2CCCC21. The lowest BCUT2D eigenvalue weighted by Crippen LogP contribution is -2.46. The van der Waals surface area contributed by atoms with Gasteiger partial charge in [-0.25, -0.2) is 0 Å². The van der Waals surface area contributed by atoms with Crippen LogP contribution in [-0.2, 0) is 11.3 Å². The van der Waals surface area contributed by atoms with Gasteiger partial charge in [-0.3, -0.25) is 4.90 Å². The Morgan fingerprint density at radius 2 is 1.95 bits per heavy atom. The number of hydrogen-bond acceptors (Lipinski definition) is 3. The van der Waals surface area contributed by atoms with Crippen LogP contribution in [0.25, 0.3) is 0 Å². The first kappa shape index (κ1) is 15.0. The minimum Gasteiger partial charge on any atom is -0.389 e. The van der Waals surface area contributed by atoms with Crippen LogP contribution in [0.4, 0.5) is 0 Å². The van der Waals surface area contributed by atoms with E-state index in [1.54, 1.807) is 0 Å². The number of aliphatic hydroxyl groups is 1. The molecule has 2 aliphatic rings. The molecule has 3 atom stereocenters. The van der Waals surface area contributed by atoms with E-state index in [2.05, 4.69) is 17.0 Å². The second-order valence-electron chi connectivity index (χ2n) is 6.55. The number of piperidine rings is 1. The Morgan fingerprint density at radius 1 is 1.14 bits per heavy atom. The maximum Gasteiger partial charge on any atom is 0.0900 e. The van der Waals surface area contributed by atoms with Crippen LogP contribution in [0, 0.1) is 5.92 Å². The van der Waals surface area contributed by atoms with Gasteiger partial charge in [0.15, 0.2) is 0 Å². The lowest BCUT2D eigenvalue weighted by molar-refractivity contribution is -0.00856. The van der Waals surface area contributed by atoms with Crippen molar-refractivity contribution in [2.75, 3.05) is 19.7 Å². The van der Waals surface area contributed by atoms with Gasteiger partial charge in [0.2, 0.25) is 0 Å². The molecule has 3 nitrogen and oxygen atoms in total. The number of ether oxygens (including phenoxy) is 1. The zero-order valence-corrected chi connectivity index (χ0v) is 12.8. The average molecular weight is 289 g/mol. The van der Waals surface area contributed by atoms with Crippen molar-refractivity contribution >= 4 is 0 Å². The summed E-state index contributed by atoms with van der Waals surface area (Å²) in [5.74, 6) is 0.885. The Morgan fingerprint density at radius 3 is 2.81 bits per heavy atom. The van der Waals surface area contributed by atoms with Gasteiger partial charge < -0.3 is 9.84 Å². The number of benzene rings is 1. The number of rotatable bonds is 6. The van der Waals surface area contributed by atoms with Crippen molar-refractivity contribution in [3.8, 4) is 0 Å². The van der Waals surface area contributed by atoms with Gasteiger partial charge in [0, 0.05) is 12.6 Å². The van der Waals surface area contributed by atoms with Gasteiger partial charge >= 0.3 is 0 Å². The van der Waals surface area contributed by atoms with Crippen LogP contribution in [0.1, 0.15) is 37.7 Å². The molecular weight excluding hydrogens is 262 g/mol. The third-order valence-electron chi connectivity index (χ3n) is 4.98. The monoisotopic (exact) mass is 289 g/mol. The number of β-amino-alcohol motifs (C(OH)–C–C–N with tert-alkyl or cyclic N) is 1. The highest BCUT2D eigenvalue weighted by molar-refractivity contribution is 5.13. The molecule has 0 amide bonds. The smallest absolute Gasteiger partial charge is 0.0900 e. The van der Waals surface area contributed by atoms with E-state index in [9.17, 15) is 5.11 Å². The highest BCUT2D eigenvalue weighted by Gasteiger charge is 2.35. The first-order chi connectivity index (χ1) is 10.3. The maximum atomic E-state index is 10.2. The van der Waals surface area contributed by atoms with E-state index in [1.165, 1.54) is 37.7 Å². The molecule has 1 saturated carbocycles. The average Bonchev–Trinajstić information content (AvgIpc) is 2.98. The Balaban J connectivity index is 1.40. The van der Waals surface area contributed by atoms with Crippen molar-refractivity contribution < 1.29 is 9.84 Å². The summed E-state index contributed by atoms with van der Waals surface area (Å²) in [7, 11) is 0. The lowest BCUT2D eigenvalue weighted by atomic mass is 9.92. The summed E-state index contributed by atoms with van der Waals surface area (Å²) in [4.78, 5) is 2.51. The molecule has 1 aliphatic carbocycles. The summed E-state index contributed by atoms with van der Waals surface area (Å²) in [5.41, 5.74) is 1.17. The van der Waals surface area contributed by atoms with E-state index in [0.29, 0.717) is 13.2 Å². The fraction of sp³-hybridized carbons (Fsp3) is 0.667. The minimum atomic E-state index is -0.368. The molecule has 1 heterocycles. The van der Waals surface area contributed by atoms with Crippen LogP contribution in [0.2, 0.25) is 0 Å². The van der Waals surface area contributed by atoms with Gasteiger partial charge in [-0.05, 0) is 43.7 Å². The summed E-state index contributed by atoms with van der Waals surface area (Å²) in [6.45, 7) is 2.94. The summed E-state index contributed by atoms with van der Waals surface area (Å²) in [6.07, 6.45) is 6.39. The molecule has 3 rings (SSSR count). The number of likely N-dealkylation sites (tertiary alicyclic amines) is 1. The van der Waals surface area contributed by atoms with Gasteiger partial charge in [-0.2, -0.15) is 0 Å². The number of fused-ring (bicyclic) bond motifs is 1. The van der Waals surface area contributed by atoms with E-state index in [1.807, 2.05) is 18.2 Å². The fourth-order valence-electron chi connectivity index (χ4n) is 3.99. The Labute approximate surface area is 127 Å². The van der Waals surface area contributed by atoms with Crippen LogP contribution in [-0.4, -0.2) is 41.8 Å². The standard InChI is InChI=1S/C18H27NO2/c20-17(14-21-13-15-6-2-1-3-7-15)12-19-11-5-9-16-8-4-10-18(16)19/h1-3,6-7,16-18,20H,4-5,8-14H2. The third kappa shape index (κ3) is 4.06. The summed E-state index contributed by atoms with van der Waals surface area (Å²) < 4.78 is 5.66. The van der Waals surface area contributed by atoms with E-state index in [0.717, 1.165) is 25.0 Å². The molecule has 1 aliphatic heterocycles. The molecule has 3 unspecified atom stereocenters. The molecule has 0 aromatic heterocycles. The first-order valence-corrected chi connectivity index (χ1v) is 8.37. The lowest BCUT2D eigenvalue weighted by Gasteiger charge is -2.38. The van der Waals surface area contributed by atoms with Crippen LogP contribution >= 0.6 is 0 Å². The number of hydrogen-bond donors (Lipinski definition) is 1. The molecule has 1 aromatic carbocycles. The highest BCUT2D eigenvalue weighted by Crippen LogP contribution is 2.36.